The van der Waals surface area contributed by atoms with Crippen molar-refractivity contribution in [1.29, 1.82) is 0 Å². The van der Waals surface area contributed by atoms with E-state index in [1.807, 2.05) is 26.0 Å². The zero-order chi connectivity index (χ0) is 17.3. The fourth-order valence-electron chi connectivity index (χ4n) is 3.11. The van der Waals surface area contributed by atoms with Crippen LogP contribution in [0.1, 0.15) is 42.6 Å². The van der Waals surface area contributed by atoms with Gasteiger partial charge in [0, 0.05) is 25.2 Å². The topological polar surface area (TPSA) is 69.7 Å². The molecule has 1 heterocycles. The van der Waals surface area contributed by atoms with Crippen molar-refractivity contribution in [1.82, 2.24) is 15.1 Å². The van der Waals surface area contributed by atoms with Gasteiger partial charge >= 0.3 is 6.03 Å². The molecule has 1 aliphatic heterocycles. The van der Waals surface area contributed by atoms with Crippen molar-refractivity contribution in [2.75, 3.05) is 19.6 Å². The van der Waals surface area contributed by atoms with Gasteiger partial charge in [-0.05, 0) is 44.4 Å². The second-order valence-corrected chi connectivity index (χ2v) is 6.50. The normalized spacial score (nSPS) is 18.5. The standard InChI is InChI=1S/C18H23N3O3/c1-3-20(4-2)15(22)14-7-5-13(6-8-14)11-21-16(23)18(9-10-18)12-19-17(21)24/h5-8H,3-4,9-12H2,1-2H3,(H,19,24). The fourth-order valence-corrected chi connectivity index (χ4v) is 3.11. The quantitative estimate of drug-likeness (QED) is 0.898. The lowest BCUT2D eigenvalue weighted by Gasteiger charge is -2.31. The fraction of sp³-hybridized carbons (Fsp3) is 0.500. The van der Waals surface area contributed by atoms with Gasteiger partial charge in [0.25, 0.3) is 5.91 Å². The van der Waals surface area contributed by atoms with E-state index in [9.17, 15) is 14.4 Å². The molecule has 2 aliphatic rings. The Balaban J connectivity index is 1.71. The van der Waals surface area contributed by atoms with Crippen molar-refractivity contribution in [3.8, 4) is 0 Å². The van der Waals surface area contributed by atoms with Crippen molar-refractivity contribution >= 4 is 17.8 Å². The van der Waals surface area contributed by atoms with Gasteiger partial charge in [0.1, 0.15) is 0 Å². The summed E-state index contributed by atoms with van der Waals surface area (Å²) in [6, 6.07) is 6.81. The van der Waals surface area contributed by atoms with E-state index >= 15 is 0 Å². The Morgan fingerprint density at radius 3 is 2.33 bits per heavy atom. The van der Waals surface area contributed by atoms with E-state index in [0.717, 1.165) is 18.4 Å². The summed E-state index contributed by atoms with van der Waals surface area (Å²) in [4.78, 5) is 39.8. The molecule has 6 nitrogen and oxygen atoms in total. The Hall–Kier alpha value is -2.37. The van der Waals surface area contributed by atoms with Gasteiger partial charge in [0.15, 0.2) is 0 Å². The minimum Gasteiger partial charge on any atom is -0.339 e. The van der Waals surface area contributed by atoms with Crippen LogP contribution in [-0.4, -0.2) is 47.3 Å². The van der Waals surface area contributed by atoms with Crippen LogP contribution in [0.4, 0.5) is 4.79 Å². The molecule has 128 valence electrons. The van der Waals surface area contributed by atoms with E-state index in [-0.39, 0.29) is 29.8 Å². The van der Waals surface area contributed by atoms with E-state index in [2.05, 4.69) is 5.32 Å². The molecule has 2 fully saturated rings. The summed E-state index contributed by atoms with van der Waals surface area (Å²) < 4.78 is 0. The molecule has 1 N–H and O–H groups in total. The molecular weight excluding hydrogens is 306 g/mol. The number of nitrogens with one attached hydrogen (secondary N) is 1. The van der Waals surface area contributed by atoms with Gasteiger partial charge in [-0.1, -0.05) is 12.1 Å². The van der Waals surface area contributed by atoms with Gasteiger partial charge < -0.3 is 10.2 Å². The second-order valence-electron chi connectivity index (χ2n) is 6.50. The average Bonchev–Trinajstić information content (AvgIpc) is 3.38. The number of amides is 4. The van der Waals surface area contributed by atoms with Crippen molar-refractivity contribution in [3.05, 3.63) is 35.4 Å². The SMILES string of the molecule is CCN(CC)C(=O)c1ccc(CN2C(=O)NCC3(CC3)C2=O)cc1. The molecule has 1 saturated carbocycles. The number of benzene rings is 1. The van der Waals surface area contributed by atoms with Crippen molar-refractivity contribution in [2.24, 2.45) is 5.41 Å². The molecule has 0 bridgehead atoms. The van der Waals surface area contributed by atoms with Crippen LogP contribution in [-0.2, 0) is 11.3 Å². The van der Waals surface area contributed by atoms with Crippen LogP contribution in [0.3, 0.4) is 0 Å². The van der Waals surface area contributed by atoms with Gasteiger partial charge in [-0.25, -0.2) is 4.79 Å². The molecule has 24 heavy (non-hydrogen) atoms. The lowest BCUT2D eigenvalue weighted by atomic mass is 10.0. The monoisotopic (exact) mass is 329 g/mol. The third-order valence-corrected chi connectivity index (χ3v) is 4.97. The summed E-state index contributed by atoms with van der Waals surface area (Å²) in [5.41, 5.74) is 1.11. The Labute approximate surface area is 141 Å². The van der Waals surface area contributed by atoms with Gasteiger partial charge in [-0.2, -0.15) is 0 Å². The summed E-state index contributed by atoms with van der Waals surface area (Å²) in [6.45, 7) is 5.93. The van der Waals surface area contributed by atoms with E-state index in [1.54, 1.807) is 17.0 Å². The first-order valence-corrected chi connectivity index (χ1v) is 8.49. The van der Waals surface area contributed by atoms with Crippen LogP contribution >= 0.6 is 0 Å². The molecule has 1 saturated heterocycles. The number of hydrogen-bond donors (Lipinski definition) is 1. The first kappa shape index (κ1) is 16.5. The molecule has 4 amide bonds. The minimum absolute atomic E-state index is 0.00437. The van der Waals surface area contributed by atoms with Gasteiger partial charge in [-0.15, -0.1) is 0 Å². The van der Waals surface area contributed by atoms with Gasteiger partial charge in [0.2, 0.25) is 5.91 Å². The van der Waals surface area contributed by atoms with Gasteiger partial charge in [0.05, 0.1) is 12.0 Å². The molecule has 6 heteroatoms. The van der Waals surface area contributed by atoms with E-state index in [0.29, 0.717) is 25.2 Å². The third-order valence-electron chi connectivity index (χ3n) is 4.97. The van der Waals surface area contributed by atoms with Crippen LogP contribution in [0.2, 0.25) is 0 Å². The minimum atomic E-state index is -0.355. The lowest BCUT2D eigenvalue weighted by Crippen LogP contribution is -2.55. The maximum absolute atomic E-state index is 12.5. The van der Waals surface area contributed by atoms with Crippen molar-refractivity contribution < 1.29 is 14.4 Å². The Bertz CT molecular complexity index is 661. The first-order chi connectivity index (χ1) is 11.5. The Morgan fingerprint density at radius 1 is 1.17 bits per heavy atom. The predicted molar refractivity (Wildman–Crippen MR) is 89.3 cm³/mol. The molecule has 0 radical (unpaired) electrons. The number of carbonyl (C=O) groups excluding carboxylic acids is 3. The Morgan fingerprint density at radius 2 is 1.79 bits per heavy atom. The largest absolute Gasteiger partial charge is 0.339 e. The summed E-state index contributed by atoms with van der Waals surface area (Å²) in [6.07, 6.45) is 1.69. The zero-order valence-electron chi connectivity index (χ0n) is 14.2. The molecule has 0 aromatic heterocycles. The van der Waals surface area contributed by atoms with Crippen LogP contribution in [0.15, 0.2) is 24.3 Å². The summed E-state index contributed by atoms with van der Waals surface area (Å²) in [7, 11) is 0. The molecule has 0 atom stereocenters. The maximum Gasteiger partial charge on any atom is 0.324 e. The van der Waals surface area contributed by atoms with Crippen LogP contribution in [0.5, 0.6) is 0 Å². The number of urea groups is 1. The average molecular weight is 329 g/mol. The highest BCUT2D eigenvalue weighted by molar-refractivity contribution is 6.01. The highest BCUT2D eigenvalue weighted by Gasteiger charge is 2.55. The number of nitrogens with zero attached hydrogens (tertiary/aromatic N) is 2. The molecule has 3 rings (SSSR count). The maximum atomic E-state index is 12.5. The summed E-state index contributed by atoms with van der Waals surface area (Å²) >= 11 is 0. The van der Waals surface area contributed by atoms with E-state index < -0.39 is 0 Å². The summed E-state index contributed by atoms with van der Waals surface area (Å²) in [5.74, 6) is -0.0789. The number of imide groups is 1. The molecule has 1 aromatic rings. The number of carbonyl (C=O) groups is 3. The Kier molecular flexibility index (Phi) is 4.30. The molecular formula is C18H23N3O3. The smallest absolute Gasteiger partial charge is 0.324 e. The van der Waals surface area contributed by atoms with Crippen molar-refractivity contribution in [3.63, 3.8) is 0 Å². The summed E-state index contributed by atoms with van der Waals surface area (Å²) in [5, 5.41) is 2.80. The molecule has 1 aliphatic carbocycles. The zero-order valence-corrected chi connectivity index (χ0v) is 14.2. The number of hydrogen-bond acceptors (Lipinski definition) is 3. The van der Waals surface area contributed by atoms with Crippen LogP contribution < -0.4 is 5.32 Å². The predicted octanol–water partition coefficient (Wildman–Crippen LogP) is 2.00. The van der Waals surface area contributed by atoms with Crippen LogP contribution in [0, 0.1) is 5.41 Å². The highest BCUT2D eigenvalue weighted by Crippen LogP contribution is 2.48. The molecule has 1 spiro atoms. The van der Waals surface area contributed by atoms with Crippen LogP contribution in [0.25, 0.3) is 0 Å². The van der Waals surface area contributed by atoms with E-state index in [4.69, 9.17) is 0 Å². The van der Waals surface area contributed by atoms with Crippen molar-refractivity contribution in [2.45, 2.75) is 33.2 Å². The molecule has 1 aromatic carbocycles. The van der Waals surface area contributed by atoms with Gasteiger partial charge in [-0.3, -0.25) is 14.5 Å². The highest BCUT2D eigenvalue weighted by atomic mass is 16.2. The third kappa shape index (κ3) is 2.88. The first-order valence-electron chi connectivity index (χ1n) is 8.49. The number of rotatable bonds is 5. The molecule has 0 unspecified atom stereocenters. The van der Waals surface area contributed by atoms with E-state index in [1.165, 1.54) is 4.90 Å². The lowest BCUT2D eigenvalue weighted by molar-refractivity contribution is -0.135. The second kappa shape index (κ2) is 6.26.